The average Bonchev–Trinajstić information content (AvgIpc) is 2.88. The van der Waals surface area contributed by atoms with Gasteiger partial charge in [-0.3, -0.25) is 24.2 Å². The molecular formula is C19H22N4O4. The van der Waals surface area contributed by atoms with Crippen molar-refractivity contribution in [3.63, 3.8) is 0 Å². The summed E-state index contributed by atoms with van der Waals surface area (Å²) in [7, 11) is 0. The van der Waals surface area contributed by atoms with Crippen molar-refractivity contribution in [2.75, 3.05) is 23.3 Å². The third kappa shape index (κ3) is 2.75. The van der Waals surface area contributed by atoms with Crippen LogP contribution >= 0.6 is 0 Å². The van der Waals surface area contributed by atoms with E-state index in [1.807, 2.05) is 6.92 Å². The first kappa shape index (κ1) is 17.5. The highest BCUT2D eigenvalue weighted by molar-refractivity contribution is 6.14. The lowest BCUT2D eigenvalue weighted by molar-refractivity contribution is -0.136. The fourth-order valence-corrected chi connectivity index (χ4v) is 4.32. The van der Waals surface area contributed by atoms with E-state index in [0.717, 1.165) is 24.2 Å². The second-order valence-corrected chi connectivity index (χ2v) is 7.48. The standard InChI is InChI=1S/C19H22N4O4/c1-12-6-4-5-9-19(12)17(26)23(18(27)21-19)11-16(25)22-10-15(24)20-13-7-2-3-8-14(13)22/h2-3,7-8,12H,4-6,9-11H2,1H3,(H,20,24)(H,21,27)/t12-,19-/m1/s1. The van der Waals surface area contributed by atoms with Gasteiger partial charge in [0.05, 0.1) is 11.4 Å². The minimum absolute atomic E-state index is 0.0318. The summed E-state index contributed by atoms with van der Waals surface area (Å²) in [6.07, 6.45) is 3.37. The highest BCUT2D eigenvalue weighted by Gasteiger charge is 2.55. The molecule has 1 aromatic rings. The van der Waals surface area contributed by atoms with Crippen molar-refractivity contribution in [1.82, 2.24) is 10.2 Å². The van der Waals surface area contributed by atoms with Crippen LogP contribution in [0.5, 0.6) is 0 Å². The van der Waals surface area contributed by atoms with E-state index in [-0.39, 0.29) is 30.8 Å². The molecule has 2 heterocycles. The molecule has 5 amide bonds. The van der Waals surface area contributed by atoms with Crippen molar-refractivity contribution >= 4 is 35.1 Å². The highest BCUT2D eigenvalue weighted by atomic mass is 16.2. The second-order valence-electron chi connectivity index (χ2n) is 7.48. The second kappa shape index (κ2) is 6.37. The highest BCUT2D eigenvalue weighted by Crippen LogP contribution is 2.38. The maximum absolute atomic E-state index is 13.0. The van der Waals surface area contributed by atoms with Crippen LogP contribution < -0.4 is 15.5 Å². The molecule has 27 heavy (non-hydrogen) atoms. The molecule has 1 aromatic carbocycles. The van der Waals surface area contributed by atoms with Crippen LogP contribution in [0.25, 0.3) is 0 Å². The van der Waals surface area contributed by atoms with E-state index >= 15 is 0 Å². The van der Waals surface area contributed by atoms with Crippen LogP contribution in [0, 0.1) is 5.92 Å². The Balaban J connectivity index is 1.56. The Kier molecular flexibility index (Phi) is 4.13. The summed E-state index contributed by atoms with van der Waals surface area (Å²) < 4.78 is 0. The van der Waals surface area contributed by atoms with E-state index in [0.29, 0.717) is 17.8 Å². The molecule has 1 saturated heterocycles. The smallest absolute Gasteiger partial charge is 0.323 e. The molecule has 1 saturated carbocycles. The normalized spacial score (nSPS) is 27.4. The van der Waals surface area contributed by atoms with E-state index in [9.17, 15) is 19.2 Å². The van der Waals surface area contributed by atoms with Gasteiger partial charge in [-0.1, -0.05) is 31.9 Å². The number of para-hydroxylation sites is 2. The molecule has 4 rings (SSSR count). The number of urea groups is 1. The van der Waals surface area contributed by atoms with Gasteiger partial charge in [0.15, 0.2) is 0 Å². The minimum Gasteiger partial charge on any atom is -0.323 e. The molecule has 0 aromatic heterocycles. The summed E-state index contributed by atoms with van der Waals surface area (Å²) in [6.45, 7) is 1.45. The molecule has 2 N–H and O–H groups in total. The Morgan fingerprint density at radius 2 is 2.00 bits per heavy atom. The lowest BCUT2D eigenvalue weighted by atomic mass is 9.73. The fourth-order valence-electron chi connectivity index (χ4n) is 4.32. The van der Waals surface area contributed by atoms with Gasteiger partial charge in [0.1, 0.15) is 18.6 Å². The van der Waals surface area contributed by atoms with Crippen LogP contribution in [0.4, 0.5) is 16.2 Å². The van der Waals surface area contributed by atoms with E-state index in [2.05, 4.69) is 10.6 Å². The van der Waals surface area contributed by atoms with Crippen LogP contribution in [0.3, 0.4) is 0 Å². The number of nitrogens with one attached hydrogen (secondary N) is 2. The zero-order chi connectivity index (χ0) is 19.2. The number of amides is 5. The van der Waals surface area contributed by atoms with Crippen LogP contribution in [0.15, 0.2) is 24.3 Å². The summed E-state index contributed by atoms with van der Waals surface area (Å²) in [5.41, 5.74) is 0.207. The molecule has 2 fully saturated rings. The van der Waals surface area contributed by atoms with Gasteiger partial charge in [-0.15, -0.1) is 0 Å². The van der Waals surface area contributed by atoms with Crippen molar-refractivity contribution < 1.29 is 19.2 Å². The van der Waals surface area contributed by atoms with Crippen LogP contribution in [0.2, 0.25) is 0 Å². The summed E-state index contributed by atoms with van der Waals surface area (Å²) in [4.78, 5) is 52.6. The first-order valence-electron chi connectivity index (χ1n) is 9.26. The number of nitrogens with zero attached hydrogens (tertiary/aromatic N) is 2. The number of fused-ring (bicyclic) bond motifs is 1. The van der Waals surface area contributed by atoms with Crippen molar-refractivity contribution in [2.24, 2.45) is 5.92 Å². The summed E-state index contributed by atoms with van der Waals surface area (Å²) >= 11 is 0. The maximum Gasteiger partial charge on any atom is 0.325 e. The average molecular weight is 370 g/mol. The predicted octanol–water partition coefficient (Wildman–Crippen LogP) is 1.47. The molecule has 8 heteroatoms. The third-order valence-electron chi connectivity index (χ3n) is 5.87. The third-order valence-corrected chi connectivity index (χ3v) is 5.87. The minimum atomic E-state index is -0.896. The maximum atomic E-state index is 13.0. The van der Waals surface area contributed by atoms with Gasteiger partial charge in [0.25, 0.3) is 5.91 Å². The topological polar surface area (TPSA) is 98.8 Å². The number of hydrogen-bond acceptors (Lipinski definition) is 4. The van der Waals surface area contributed by atoms with Gasteiger partial charge < -0.3 is 10.6 Å². The molecule has 0 unspecified atom stereocenters. The van der Waals surface area contributed by atoms with Crippen LogP contribution in [-0.2, 0) is 14.4 Å². The number of rotatable bonds is 2. The largest absolute Gasteiger partial charge is 0.325 e. The first-order chi connectivity index (χ1) is 12.9. The zero-order valence-corrected chi connectivity index (χ0v) is 15.2. The molecule has 2 aliphatic heterocycles. The number of anilines is 2. The number of benzene rings is 1. The molecule has 8 nitrogen and oxygen atoms in total. The Hall–Kier alpha value is -2.90. The predicted molar refractivity (Wildman–Crippen MR) is 98.0 cm³/mol. The number of imide groups is 1. The molecule has 0 bridgehead atoms. The Bertz CT molecular complexity index is 839. The van der Waals surface area contributed by atoms with Crippen LogP contribution in [-0.4, -0.2) is 47.3 Å². The van der Waals surface area contributed by atoms with E-state index < -0.39 is 17.5 Å². The van der Waals surface area contributed by atoms with Gasteiger partial charge in [-0.2, -0.15) is 0 Å². The van der Waals surface area contributed by atoms with Crippen molar-refractivity contribution in [2.45, 2.75) is 38.1 Å². The molecule has 0 radical (unpaired) electrons. The lowest BCUT2D eigenvalue weighted by Crippen LogP contribution is -2.54. The van der Waals surface area contributed by atoms with Gasteiger partial charge in [-0.05, 0) is 30.9 Å². The van der Waals surface area contributed by atoms with E-state index in [1.165, 1.54) is 4.90 Å². The fraction of sp³-hybridized carbons (Fsp3) is 0.474. The number of carbonyl (C=O) groups is 4. The molecular weight excluding hydrogens is 348 g/mol. The quantitative estimate of drug-likeness (QED) is 0.770. The number of carbonyl (C=O) groups excluding carboxylic acids is 4. The monoisotopic (exact) mass is 370 g/mol. The summed E-state index contributed by atoms with van der Waals surface area (Å²) in [5, 5.41) is 5.56. The lowest BCUT2D eigenvalue weighted by Gasteiger charge is -2.37. The van der Waals surface area contributed by atoms with E-state index in [4.69, 9.17) is 0 Å². The molecule has 1 aliphatic carbocycles. The van der Waals surface area contributed by atoms with Crippen molar-refractivity contribution in [1.29, 1.82) is 0 Å². The van der Waals surface area contributed by atoms with Crippen molar-refractivity contribution in [3.05, 3.63) is 24.3 Å². The van der Waals surface area contributed by atoms with Crippen LogP contribution in [0.1, 0.15) is 32.6 Å². The van der Waals surface area contributed by atoms with Gasteiger partial charge in [0.2, 0.25) is 11.8 Å². The summed E-state index contributed by atoms with van der Waals surface area (Å²) in [6, 6.07) is 6.43. The molecule has 2 atom stereocenters. The Morgan fingerprint density at radius 1 is 1.22 bits per heavy atom. The van der Waals surface area contributed by atoms with Crippen molar-refractivity contribution in [3.8, 4) is 0 Å². The molecule has 142 valence electrons. The number of hydrogen-bond donors (Lipinski definition) is 2. The Morgan fingerprint density at radius 3 is 2.78 bits per heavy atom. The van der Waals surface area contributed by atoms with Gasteiger partial charge in [-0.25, -0.2) is 4.79 Å². The van der Waals surface area contributed by atoms with E-state index in [1.54, 1.807) is 24.3 Å². The Labute approximate surface area is 156 Å². The summed E-state index contributed by atoms with van der Waals surface area (Å²) in [5.74, 6) is -1.06. The van der Waals surface area contributed by atoms with Gasteiger partial charge in [0, 0.05) is 0 Å². The molecule has 3 aliphatic rings. The SMILES string of the molecule is C[C@@H]1CCCC[C@@]12NC(=O)N(CC(=O)N1CC(=O)Nc3ccccc31)C2=O. The molecule has 1 spiro atoms. The zero-order valence-electron chi connectivity index (χ0n) is 15.2. The van der Waals surface area contributed by atoms with Gasteiger partial charge >= 0.3 is 6.03 Å². The first-order valence-corrected chi connectivity index (χ1v) is 9.26.